The Morgan fingerprint density at radius 3 is 2.67 bits per heavy atom. The van der Waals surface area contributed by atoms with Crippen LogP contribution in [0.4, 0.5) is 10.1 Å². The van der Waals surface area contributed by atoms with Crippen molar-refractivity contribution in [1.82, 2.24) is 0 Å². The maximum Gasteiger partial charge on any atom is 0.229 e. The van der Waals surface area contributed by atoms with Crippen molar-refractivity contribution in [2.24, 2.45) is 0 Å². The fourth-order valence-corrected chi connectivity index (χ4v) is 2.69. The van der Waals surface area contributed by atoms with E-state index in [0.29, 0.717) is 0 Å². The highest BCUT2D eigenvalue weighted by molar-refractivity contribution is 7.92. The van der Waals surface area contributed by atoms with Gasteiger partial charge >= 0.3 is 0 Å². The van der Waals surface area contributed by atoms with E-state index in [1.54, 1.807) is 0 Å². The van der Waals surface area contributed by atoms with Gasteiger partial charge in [-0.3, -0.25) is 9.52 Å². The van der Waals surface area contributed by atoms with Crippen LogP contribution in [0.5, 0.6) is 11.5 Å². The molecule has 0 amide bonds. The third-order valence-electron chi connectivity index (χ3n) is 3.08. The van der Waals surface area contributed by atoms with Gasteiger partial charge in [-0.05, 0) is 18.2 Å². The van der Waals surface area contributed by atoms with Gasteiger partial charge in [0.25, 0.3) is 0 Å². The number of hydrogen-bond acceptors (Lipinski definition) is 5. The molecule has 0 fully saturated rings. The third-order valence-corrected chi connectivity index (χ3v) is 3.67. The van der Waals surface area contributed by atoms with Crippen molar-refractivity contribution in [1.29, 1.82) is 0 Å². The maximum absolute atomic E-state index is 13.3. The molecule has 6 nitrogen and oxygen atoms in total. The molecule has 8 heteroatoms. The molecule has 2 aromatic carbocycles. The van der Waals surface area contributed by atoms with Gasteiger partial charge in [0.2, 0.25) is 10.0 Å². The Kier molecular flexibility index (Phi) is 3.98. The quantitative estimate of drug-likeness (QED) is 0.782. The summed E-state index contributed by atoms with van der Waals surface area (Å²) in [5.41, 5.74) is -0.0462. The van der Waals surface area contributed by atoms with E-state index in [9.17, 15) is 17.6 Å². The largest absolute Gasteiger partial charge is 0.464 e. The van der Waals surface area contributed by atoms with Crippen LogP contribution in [0.15, 0.2) is 57.9 Å². The lowest BCUT2D eigenvalue weighted by Crippen LogP contribution is -2.11. The van der Waals surface area contributed by atoms with Gasteiger partial charge in [0.1, 0.15) is 17.1 Å². The van der Waals surface area contributed by atoms with Crippen LogP contribution in [0.1, 0.15) is 0 Å². The van der Waals surface area contributed by atoms with Gasteiger partial charge in [-0.25, -0.2) is 12.8 Å². The summed E-state index contributed by atoms with van der Waals surface area (Å²) in [6.45, 7) is 0. The summed E-state index contributed by atoms with van der Waals surface area (Å²) in [6, 6.07) is 9.26. The Labute approximate surface area is 136 Å². The van der Waals surface area contributed by atoms with E-state index in [0.717, 1.165) is 12.3 Å². The number of rotatable bonds is 4. The van der Waals surface area contributed by atoms with Crippen molar-refractivity contribution in [3.63, 3.8) is 0 Å². The molecule has 0 aliphatic rings. The number of benzene rings is 2. The number of fused-ring (bicyclic) bond motifs is 1. The Morgan fingerprint density at radius 2 is 1.96 bits per heavy atom. The van der Waals surface area contributed by atoms with E-state index < -0.39 is 15.8 Å². The summed E-state index contributed by atoms with van der Waals surface area (Å²) < 4.78 is 49.5. The Hall–Kier alpha value is -2.87. The van der Waals surface area contributed by atoms with E-state index in [-0.39, 0.29) is 33.6 Å². The highest BCUT2D eigenvalue weighted by Gasteiger charge is 2.14. The summed E-state index contributed by atoms with van der Waals surface area (Å²) in [7, 11) is -3.60. The Balaban J connectivity index is 2.17. The lowest BCUT2D eigenvalue weighted by atomic mass is 10.2. The number of halogens is 1. The first-order valence-electron chi connectivity index (χ1n) is 6.78. The van der Waals surface area contributed by atoms with Crippen LogP contribution < -0.4 is 14.9 Å². The lowest BCUT2D eigenvalue weighted by molar-refractivity contribution is 0.479. The van der Waals surface area contributed by atoms with Crippen molar-refractivity contribution in [3.8, 4) is 11.5 Å². The van der Waals surface area contributed by atoms with Gasteiger partial charge in [0.15, 0.2) is 11.2 Å². The fourth-order valence-electron chi connectivity index (χ4n) is 2.13. The second-order valence-electron chi connectivity index (χ2n) is 5.06. The molecule has 0 unspecified atom stereocenters. The van der Waals surface area contributed by atoms with Crippen LogP contribution in [-0.4, -0.2) is 14.7 Å². The molecule has 3 rings (SSSR count). The number of anilines is 1. The van der Waals surface area contributed by atoms with E-state index in [1.807, 2.05) is 0 Å². The zero-order valence-corrected chi connectivity index (χ0v) is 13.3. The summed E-state index contributed by atoms with van der Waals surface area (Å²) in [5.74, 6) is -0.298. The van der Waals surface area contributed by atoms with E-state index in [1.165, 1.54) is 42.7 Å². The van der Waals surface area contributed by atoms with Gasteiger partial charge in [-0.15, -0.1) is 0 Å². The van der Waals surface area contributed by atoms with Crippen molar-refractivity contribution in [2.75, 3.05) is 11.0 Å². The molecular weight excluding hydrogens is 337 g/mol. The molecule has 0 aliphatic heterocycles. The maximum atomic E-state index is 13.3. The van der Waals surface area contributed by atoms with Crippen LogP contribution in [0.3, 0.4) is 0 Å². The number of sulfonamides is 1. The fraction of sp³-hybridized carbons (Fsp3) is 0.0625. The number of ether oxygens (including phenoxy) is 1. The topological polar surface area (TPSA) is 85.6 Å². The molecule has 1 heterocycles. The van der Waals surface area contributed by atoms with Crippen LogP contribution in [0.25, 0.3) is 11.0 Å². The lowest BCUT2D eigenvalue weighted by Gasteiger charge is -2.13. The van der Waals surface area contributed by atoms with E-state index in [4.69, 9.17) is 9.15 Å². The standard InChI is InChI=1S/C16H12FNO5S/c1-24(20,21)18-13-9-15-12(14(19)5-6-22-15)8-16(13)23-11-4-2-3-10(17)7-11/h2-9,18H,1H3. The zero-order valence-electron chi connectivity index (χ0n) is 12.4. The minimum absolute atomic E-state index is 0.0528. The SMILES string of the molecule is CS(=O)(=O)Nc1cc2occc(=O)c2cc1Oc1cccc(F)c1. The molecule has 0 aliphatic carbocycles. The van der Waals surface area contributed by atoms with E-state index in [2.05, 4.69) is 4.72 Å². The van der Waals surface area contributed by atoms with Gasteiger partial charge in [0, 0.05) is 18.2 Å². The van der Waals surface area contributed by atoms with Crippen molar-refractivity contribution < 1.29 is 22.0 Å². The molecule has 0 bridgehead atoms. The second-order valence-corrected chi connectivity index (χ2v) is 6.81. The molecule has 0 radical (unpaired) electrons. The molecule has 24 heavy (non-hydrogen) atoms. The summed E-state index contributed by atoms with van der Waals surface area (Å²) in [4.78, 5) is 11.9. The number of hydrogen-bond donors (Lipinski definition) is 1. The second kappa shape index (κ2) is 5.97. The minimum atomic E-state index is -3.60. The van der Waals surface area contributed by atoms with Crippen LogP contribution in [0.2, 0.25) is 0 Å². The van der Waals surface area contributed by atoms with Crippen LogP contribution >= 0.6 is 0 Å². The highest BCUT2D eigenvalue weighted by Crippen LogP contribution is 2.33. The molecule has 1 N–H and O–H groups in total. The molecule has 1 aromatic heterocycles. The van der Waals surface area contributed by atoms with Gasteiger partial charge in [-0.1, -0.05) is 6.07 Å². The third kappa shape index (κ3) is 3.54. The van der Waals surface area contributed by atoms with Gasteiger partial charge in [-0.2, -0.15) is 0 Å². The molecular formula is C16H12FNO5S. The summed E-state index contributed by atoms with van der Waals surface area (Å²) in [6.07, 6.45) is 2.19. The van der Waals surface area contributed by atoms with Gasteiger partial charge < -0.3 is 9.15 Å². The van der Waals surface area contributed by atoms with Crippen molar-refractivity contribution in [3.05, 3.63) is 64.8 Å². The molecule has 0 spiro atoms. The first kappa shape index (κ1) is 16.0. The Morgan fingerprint density at radius 1 is 1.17 bits per heavy atom. The minimum Gasteiger partial charge on any atom is -0.464 e. The molecule has 0 atom stereocenters. The first-order chi connectivity index (χ1) is 11.3. The van der Waals surface area contributed by atoms with Crippen molar-refractivity contribution >= 4 is 26.7 Å². The van der Waals surface area contributed by atoms with Crippen molar-refractivity contribution in [2.45, 2.75) is 0 Å². The first-order valence-corrected chi connectivity index (χ1v) is 8.68. The predicted molar refractivity (Wildman–Crippen MR) is 87.4 cm³/mol. The normalized spacial score (nSPS) is 11.4. The van der Waals surface area contributed by atoms with E-state index >= 15 is 0 Å². The average Bonchev–Trinajstić information content (AvgIpc) is 2.47. The molecule has 0 saturated heterocycles. The summed E-state index contributed by atoms with van der Waals surface area (Å²) >= 11 is 0. The smallest absolute Gasteiger partial charge is 0.229 e. The van der Waals surface area contributed by atoms with Crippen LogP contribution in [0, 0.1) is 5.82 Å². The molecule has 3 aromatic rings. The zero-order chi connectivity index (χ0) is 17.3. The monoisotopic (exact) mass is 349 g/mol. The molecule has 124 valence electrons. The summed E-state index contributed by atoms with van der Waals surface area (Å²) in [5, 5.41) is 0.211. The highest BCUT2D eigenvalue weighted by atomic mass is 32.2. The van der Waals surface area contributed by atoms with Crippen LogP contribution in [-0.2, 0) is 10.0 Å². The molecule has 0 saturated carbocycles. The number of nitrogens with one attached hydrogen (secondary N) is 1. The predicted octanol–water partition coefficient (Wildman–Crippen LogP) is 3.10. The Bertz CT molecular complexity index is 1080. The van der Waals surface area contributed by atoms with Gasteiger partial charge in [0.05, 0.1) is 23.6 Å². The average molecular weight is 349 g/mol.